The molecule has 2 rings (SSSR count). The van der Waals surface area contributed by atoms with E-state index in [0.717, 1.165) is 18.3 Å². The fraction of sp³-hybridized carbons (Fsp3) is 0.421. The van der Waals surface area contributed by atoms with E-state index in [1.165, 1.54) is 6.07 Å². The zero-order chi connectivity index (χ0) is 20.0. The number of alkyl carbamates (subject to hydrolysis) is 1. The summed E-state index contributed by atoms with van der Waals surface area (Å²) in [6.07, 6.45) is 3.38. The molecule has 0 saturated heterocycles. The number of benzene rings is 1. The van der Waals surface area contributed by atoms with E-state index in [1.807, 2.05) is 24.0 Å². The van der Waals surface area contributed by atoms with Crippen LogP contribution in [0.2, 0.25) is 0 Å². The van der Waals surface area contributed by atoms with E-state index >= 15 is 0 Å². The first-order valence-electron chi connectivity index (χ1n) is 8.65. The Balaban J connectivity index is 2.12. The van der Waals surface area contributed by atoms with Crippen LogP contribution in [0.4, 0.5) is 9.18 Å². The van der Waals surface area contributed by atoms with E-state index < -0.39 is 11.7 Å². The first kappa shape index (κ1) is 20.5. The molecule has 0 fully saturated rings. The summed E-state index contributed by atoms with van der Waals surface area (Å²) >= 11 is 0. The van der Waals surface area contributed by atoms with Crippen LogP contribution in [0.25, 0.3) is 5.57 Å². The van der Waals surface area contributed by atoms with Crippen LogP contribution in [0.1, 0.15) is 38.3 Å². The molecule has 8 heteroatoms. The number of ether oxygens (including phenoxy) is 1. The topological polar surface area (TPSA) is 74.6 Å². The number of aryl methyl sites for hydroxylation is 1. The molecule has 1 aliphatic rings. The molecule has 0 aliphatic carbocycles. The van der Waals surface area contributed by atoms with Gasteiger partial charge in [0.2, 0.25) is 0 Å². The fourth-order valence-electron chi connectivity index (χ4n) is 2.69. The third-order valence-electron chi connectivity index (χ3n) is 3.87. The molecular weight excluding hydrogens is 348 g/mol. The van der Waals surface area contributed by atoms with Gasteiger partial charge in [-0.2, -0.15) is 0 Å². The second-order valence-corrected chi connectivity index (χ2v) is 7.25. The van der Waals surface area contributed by atoms with Crippen LogP contribution in [0.5, 0.6) is 0 Å². The molecular formula is C19H23BFN3O3. The van der Waals surface area contributed by atoms with Crippen molar-refractivity contribution in [2.24, 2.45) is 0 Å². The first-order chi connectivity index (χ1) is 12.7. The Bertz CT molecular complexity index is 809. The molecule has 0 radical (unpaired) electrons. The maximum absolute atomic E-state index is 14.2. The molecule has 0 saturated carbocycles. The number of hydrogen-bond acceptors (Lipinski definition) is 5. The summed E-state index contributed by atoms with van der Waals surface area (Å²) in [5.74, 6) is -0.245. The number of nitrogens with zero attached hydrogens (tertiary/aromatic N) is 2. The fourth-order valence-corrected chi connectivity index (χ4v) is 2.69. The molecule has 1 aromatic carbocycles. The molecule has 0 unspecified atom stereocenters. The van der Waals surface area contributed by atoms with Crippen molar-refractivity contribution in [3.05, 3.63) is 41.2 Å². The molecule has 0 spiro atoms. The molecule has 142 valence electrons. The van der Waals surface area contributed by atoms with Crippen LogP contribution >= 0.6 is 0 Å². The van der Waals surface area contributed by atoms with Crippen molar-refractivity contribution in [3.8, 4) is 6.26 Å². The molecule has 1 amide bonds. The summed E-state index contributed by atoms with van der Waals surface area (Å²) in [5, 5.41) is 11.2. The van der Waals surface area contributed by atoms with Crippen LogP contribution in [0.15, 0.2) is 24.3 Å². The quantitative estimate of drug-likeness (QED) is 0.651. The maximum atomic E-state index is 14.2. The molecule has 1 heterocycles. The summed E-state index contributed by atoms with van der Waals surface area (Å²) in [7, 11) is 1.16. The van der Waals surface area contributed by atoms with Gasteiger partial charge in [-0.3, -0.25) is 0 Å². The van der Waals surface area contributed by atoms with Crippen molar-refractivity contribution in [1.82, 2.24) is 10.2 Å². The standard InChI is InChI=1S/C19H23BFN3O3/c1-13-5-6-15(16(21)11-13)14-7-9-24(10-8-14)17(20-26-12-22)23-18(25)27-19(2,3)4/h5-7,11H,8-10H2,1-4H3,(H,23,25). The summed E-state index contributed by atoms with van der Waals surface area (Å²) in [5.41, 5.74) is 2.02. The average Bonchev–Trinajstić information content (AvgIpc) is 2.57. The third kappa shape index (κ3) is 6.13. The second kappa shape index (κ2) is 8.71. The van der Waals surface area contributed by atoms with E-state index in [4.69, 9.17) is 10.00 Å². The molecule has 0 atom stereocenters. The summed E-state index contributed by atoms with van der Waals surface area (Å²) < 4.78 is 24.1. The molecule has 6 nitrogen and oxygen atoms in total. The molecule has 1 aliphatic heterocycles. The minimum absolute atomic E-state index is 0.245. The van der Waals surface area contributed by atoms with Crippen LogP contribution < -0.4 is 5.32 Å². The van der Waals surface area contributed by atoms with E-state index in [0.29, 0.717) is 30.8 Å². The SMILES string of the molecule is Cc1ccc(C2=CCN(C(=BOC#N)NC(=O)OC(C)(C)C)CC2)c(F)c1. The Labute approximate surface area is 159 Å². The Kier molecular flexibility index (Phi) is 6.62. The number of rotatable bonds is 4. The van der Waals surface area contributed by atoms with Gasteiger partial charge >= 0.3 is 159 Å². The van der Waals surface area contributed by atoms with Crippen molar-refractivity contribution in [2.45, 2.75) is 39.7 Å². The van der Waals surface area contributed by atoms with Crippen molar-refractivity contribution in [2.75, 3.05) is 13.1 Å². The Morgan fingerprint density at radius 2 is 2.15 bits per heavy atom. The van der Waals surface area contributed by atoms with Gasteiger partial charge in [-0.1, -0.05) is 0 Å². The van der Waals surface area contributed by atoms with Crippen molar-refractivity contribution in [3.63, 3.8) is 0 Å². The predicted molar refractivity (Wildman–Crippen MR) is 102 cm³/mol. The summed E-state index contributed by atoms with van der Waals surface area (Å²) in [6, 6.07) is 5.17. The number of nitrogens with one attached hydrogen (secondary N) is 1. The van der Waals surface area contributed by atoms with Gasteiger partial charge in [-0.15, -0.1) is 0 Å². The molecule has 0 aromatic heterocycles. The van der Waals surface area contributed by atoms with Gasteiger partial charge in [0.1, 0.15) is 0 Å². The third-order valence-corrected chi connectivity index (χ3v) is 3.87. The van der Waals surface area contributed by atoms with Crippen LogP contribution in [0, 0.1) is 24.3 Å². The number of carbonyl (C=O) groups excluding carboxylic acids is 1. The number of amides is 1. The van der Waals surface area contributed by atoms with Crippen LogP contribution in [-0.2, 0) is 9.39 Å². The number of nitriles is 1. The van der Waals surface area contributed by atoms with Gasteiger partial charge in [0, 0.05) is 0 Å². The van der Waals surface area contributed by atoms with Gasteiger partial charge < -0.3 is 0 Å². The number of halogens is 1. The second-order valence-electron chi connectivity index (χ2n) is 7.25. The minimum atomic E-state index is -0.650. The molecule has 1 N–H and O–H groups in total. The van der Waals surface area contributed by atoms with Crippen molar-refractivity contribution < 1.29 is 18.6 Å². The number of carbonyl (C=O) groups is 1. The monoisotopic (exact) mass is 371 g/mol. The van der Waals surface area contributed by atoms with Crippen LogP contribution in [-0.4, -0.2) is 42.5 Å². The summed E-state index contributed by atoms with van der Waals surface area (Å²) in [6.45, 7) is 8.07. The van der Waals surface area contributed by atoms with E-state index in [-0.39, 0.29) is 5.82 Å². The van der Waals surface area contributed by atoms with E-state index in [1.54, 1.807) is 33.1 Å². The van der Waals surface area contributed by atoms with Crippen molar-refractivity contribution >= 4 is 24.5 Å². The zero-order valence-electron chi connectivity index (χ0n) is 16.0. The van der Waals surface area contributed by atoms with E-state index in [9.17, 15) is 9.18 Å². The average molecular weight is 371 g/mol. The number of hydrogen-bond donors (Lipinski definition) is 1. The molecule has 1 aromatic rings. The molecule has 0 bridgehead atoms. The normalized spacial score (nSPS) is 14.6. The van der Waals surface area contributed by atoms with E-state index in [2.05, 4.69) is 9.97 Å². The summed E-state index contributed by atoms with van der Waals surface area (Å²) in [4.78, 5) is 13.8. The Morgan fingerprint density at radius 3 is 2.70 bits per heavy atom. The first-order valence-corrected chi connectivity index (χ1v) is 8.65. The van der Waals surface area contributed by atoms with Gasteiger partial charge in [-0.05, 0) is 0 Å². The van der Waals surface area contributed by atoms with Crippen LogP contribution in [0.3, 0.4) is 0 Å². The van der Waals surface area contributed by atoms with Crippen molar-refractivity contribution in [1.29, 1.82) is 5.26 Å². The van der Waals surface area contributed by atoms with Gasteiger partial charge in [0.15, 0.2) is 0 Å². The Hall–Kier alpha value is -2.82. The zero-order valence-corrected chi connectivity index (χ0v) is 16.0. The predicted octanol–water partition coefficient (Wildman–Crippen LogP) is 2.95. The Morgan fingerprint density at radius 1 is 1.41 bits per heavy atom. The van der Waals surface area contributed by atoms with Gasteiger partial charge in [0.05, 0.1) is 0 Å². The van der Waals surface area contributed by atoms with Gasteiger partial charge in [0.25, 0.3) is 0 Å². The molecule has 27 heavy (non-hydrogen) atoms. The van der Waals surface area contributed by atoms with Gasteiger partial charge in [-0.25, -0.2) is 0 Å².